The molecular formula is C27H22Cl2N2O7. The second-order valence-electron chi connectivity index (χ2n) is 7.82. The number of barbiturate groups is 1. The fourth-order valence-corrected chi connectivity index (χ4v) is 4.05. The zero-order chi connectivity index (χ0) is 27.2. The molecule has 0 aromatic heterocycles. The number of hydrogen-bond donors (Lipinski definition) is 1. The number of rotatable bonds is 9. The van der Waals surface area contributed by atoms with Gasteiger partial charge < -0.3 is 18.9 Å². The molecule has 1 fully saturated rings. The summed E-state index contributed by atoms with van der Waals surface area (Å²) in [5.74, 6) is 0.0608. The maximum Gasteiger partial charge on any atom is 0.335 e. The van der Waals surface area contributed by atoms with E-state index in [1.54, 1.807) is 25.3 Å². The van der Waals surface area contributed by atoms with Crippen molar-refractivity contribution in [2.24, 2.45) is 0 Å². The van der Waals surface area contributed by atoms with Gasteiger partial charge in [0.25, 0.3) is 11.8 Å². The number of amides is 4. The zero-order valence-electron chi connectivity index (χ0n) is 20.3. The first kappa shape index (κ1) is 26.8. The lowest BCUT2D eigenvalue weighted by molar-refractivity contribution is -0.122. The van der Waals surface area contributed by atoms with E-state index in [1.807, 2.05) is 12.1 Å². The quantitative estimate of drug-likeness (QED) is 0.221. The van der Waals surface area contributed by atoms with Gasteiger partial charge >= 0.3 is 6.03 Å². The first-order valence-corrected chi connectivity index (χ1v) is 12.0. The summed E-state index contributed by atoms with van der Waals surface area (Å²) in [5, 5.41) is 2.78. The minimum absolute atomic E-state index is 0.146. The van der Waals surface area contributed by atoms with Crippen molar-refractivity contribution >= 4 is 52.8 Å². The van der Waals surface area contributed by atoms with Crippen LogP contribution in [-0.4, -0.2) is 45.3 Å². The number of para-hydroxylation sites is 2. The summed E-state index contributed by atoms with van der Waals surface area (Å²) in [6, 6.07) is 15.5. The molecule has 9 nitrogen and oxygen atoms in total. The maximum absolute atomic E-state index is 13.1. The molecule has 1 saturated heterocycles. The fraction of sp³-hybridized carbons (Fsp3) is 0.148. The molecule has 0 saturated carbocycles. The van der Waals surface area contributed by atoms with Gasteiger partial charge in [0.05, 0.1) is 24.9 Å². The van der Waals surface area contributed by atoms with Crippen LogP contribution in [0, 0.1) is 0 Å². The Morgan fingerprint density at radius 3 is 2.18 bits per heavy atom. The van der Waals surface area contributed by atoms with Crippen LogP contribution in [0.25, 0.3) is 6.08 Å². The Morgan fingerprint density at radius 1 is 0.842 bits per heavy atom. The summed E-state index contributed by atoms with van der Waals surface area (Å²) in [6.45, 7) is 0.350. The van der Waals surface area contributed by atoms with E-state index in [0.29, 0.717) is 22.1 Å². The van der Waals surface area contributed by atoms with Crippen LogP contribution in [0.4, 0.5) is 10.5 Å². The van der Waals surface area contributed by atoms with E-state index < -0.39 is 17.8 Å². The van der Waals surface area contributed by atoms with Gasteiger partial charge in [-0.25, -0.2) is 9.69 Å². The Morgan fingerprint density at radius 2 is 1.50 bits per heavy atom. The summed E-state index contributed by atoms with van der Waals surface area (Å²) in [7, 11) is 2.98. The number of benzene rings is 3. The molecule has 0 spiro atoms. The van der Waals surface area contributed by atoms with Crippen LogP contribution >= 0.6 is 23.2 Å². The van der Waals surface area contributed by atoms with Gasteiger partial charge in [0.1, 0.15) is 18.8 Å². The molecule has 196 valence electrons. The number of anilines is 1. The van der Waals surface area contributed by atoms with E-state index in [0.717, 1.165) is 4.90 Å². The highest BCUT2D eigenvalue weighted by Gasteiger charge is 2.36. The molecule has 0 atom stereocenters. The van der Waals surface area contributed by atoms with Crippen molar-refractivity contribution in [3.8, 4) is 23.0 Å². The number of methoxy groups -OCH3 is 2. The Bertz CT molecular complexity index is 1410. The predicted octanol–water partition coefficient (Wildman–Crippen LogP) is 5.13. The van der Waals surface area contributed by atoms with E-state index in [1.165, 1.54) is 43.5 Å². The van der Waals surface area contributed by atoms with Crippen LogP contribution < -0.4 is 29.2 Å². The highest BCUT2D eigenvalue weighted by atomic mass is 35.5. The number of urea groups is 1. The molecule has 1 aliphatic heterocycles. The Balaban J connectivity index is 1.52. The Kier molecular flexibility index (Phi) is 8.40. The van der Waals surface area contributed by atoms with E-state index in [2.05, 4.69) is 5.32 Å². The SMILES string of the molecule is COc1ccccc1OCCOc1c(Cl)cc(/C=C2\C(=O)NC(=O)N(c3ccc(Cl)cc3)C2=O)cc1OC. The first-order valence-electron chi connectivity index (χ1n) is 11.3. The number of halogens is 2. The van der Waals surface area contributed by atoms with Crippen LogP contribution in [0.2, 0.25) is 10.0 Å². The summed E-state index contributed by atoms with van der Waals surface area (Å²) >= 11 is 12.4. The highest BCUT2D eigenvalue weighted by Crippen LogP contribution is 2.37. The molecule has 0 unspecified atom stereocenters. The molecule has 0 bridgehead atoms. The van der Waals surface area contributed by atoms with Crippen molar-refractivity contribution in [3.05, 3.63) is 81.8 Å². The predicted molar refractivity (Wildman–Crippen MR) is 142 cm³/mol. The van der Waals surface area contributed by atoms with Gasteiger partial charge in [-0.2, -0.15) is 0 Å². The van der Waals surface area contributed by atoms with Gasteiger partial charge in [-0.3, -0.25) is 14.9 Å². The lowest BCUT2D eigenvalue weighted by Gasteiger charge is -2.26. The third-order valence-electron chi connectivity index (χ3n) is 5.41. The molecule has 0 aliphatic carbocycles. The van der Waals surface area contributed by atoms with Crippen LogP contribution in [0.1, 0.15) is 5.56 Å². The molecule has 3 aromatic rings. The number of ether oxygens (including phenoxy) is 4. The molecule has 1 N–H and O–H groups in total. The van der Waals surface area contributed by atoms with E-state index in [9.17, 15) is 14.4 Å². The molecule has 4 rings (SSSR count). The summed E-state index contributed by atoms with van der Waals surface area (Å²) in [5.41, 5.74) is 0.370. The molecule has 0 radical (unpaired) electrons. The standard InChI is InChI=1S/C27H22Cl2N2O7/c1-35-21-5-3-4-6-22(21)37-11-12-38-24-20(29)14-16(15-23(24)36-2)13-19-25(32)30-27(34)31(26(19)33)18-9-7-17(28)8-10-18/h3-10,13-15H,11-12H2,1-2H3,(H,30,32,34)/b19-13+. The van der Waals surface area contributed by atoms with Gasteiger partial charge in [0.2, 0.25) is 0 Å². The van der Waals surface area contributed by atoms with Gasteiger partial charge in [-0.15, -0.1) is 0 Å². The van der Waals surface area contributed by atoms with Crippen molar-refractivity contribution < 1.29 is 33.3 Å². The van der Waals surface area contributed by atoms with Crippen molar-refractivity contribution in [2.45, 2.75) is 0 Å². The second kappa shape index (κ2) is 11.9. The van der Waals surface area contributed by atoms with Gasteiger partial charge in [-0.05, 0) is 60.2 Å². The van der Waals surface area contributed by atoms with Crippen molar-refractivity contribution in [2.75, 3.05) is 32.3 Å². The minimum Gasteiger partial charge on any atom is -0.493 e. The van der Waals surface area contributed by atoms with Crippen LogP contribution in [0.15, 0.2) is 66.2 Å². The van der Waals surface area contributed by atoms with Gasteiger partial charge in [-0.1, -0.05) is 35.3 Å². The van der Waals surface area contributed by atoms with Crippen molar-refractivity contribution in [1.82, 2.24) is 5.32 Å². The first-order chi connectivity index (χ1) is 18.3. The van der Waals surface area contributed by atoms with Crippen LogP contribution in [-0.2, 0) is 9.59 Å². The molecule has 38 heavy (non-hydrogen) atoms. The van der Waals surface area contributed by atoms with Crippen LogP contribution in [0.3, 0.4) is 0 Å². The van der Waals surface area contributed by atoms with E-state index in [4.69, 9.17) is 42.1 Å². The number of carbonyl (C=O) groups excluding carboxylic acids is 3. The lowest BCUT2D eigenvalue weighted by atomic mass is 10.1. The normalized spacial score (nSPS) is 14.4. The average Bonchev–Trinajstić information content (AvgIpc) is 2.90. The number of imide groups is 2. The largest absolute Gasteiger partial charge is 0.493 e. The monoisotopic (exact) mass is 556 g/mol. The topological polar surface area (TPSA) is 103 Å². The molecular weight excluding hydrogens is 535 g/mol. The minimum atomic E-state index is -0.867. The zero-order valence-corrected chi connectivity index (χ0v) is 21.8. The summed E-state index contributed by atoms with van der Waals surface area (Å²) in [6.07, 6.45) is 1.32. The Hall–Kier alpha value is -4.21. The number of hydrogen-bond acceptors (Lipinski definition) is 7. The van der Waals surface area contributed by atoms with Crippen LogP contribution in [0.5, 0.6) is 23.0 Å². The number of nitrogens with zero attached hydrogens (tertiary/aromatic N) is 1. The van der Waals surface area contributed by atoms with Gasteiger partial charge in [0, 0.05) is 5.02 Å². The third-order valence-corrected chi connectivity index (χ3v) is 5.94. The summed E-state index contributed by atoms with van der Waals surface area (Å²) < 4.78 is 22.2. The molecule has 4 amide bonds. The van der Waals surface area contributed by atoms with E-state index in [-0.39, 0.29) is 41.0 Å². The maximum atomic E-state index is 13.1. The molecule has 1 aliphatic rings. The highest BCUT2D eigenvalue weighted by molar-refractivity contribution is 6.39. The summed E-state index contributed by atoms with van der Waals surface area (Å²) in [4.78, 5) is 38.9. The molecule has 3 aromatic carbocycles. The van der Waals surface area contributed by atoms with Gasteiger partial charge in [0.15, 0.2) is 23.0 Å². The fourth-order valence-electron chi connectivity index (χ4n) is 3.65. The lowest BCUT2D eigenvalue weighted by Crippen LogP contribution is -2.54. The van der Waals surface area contributed by atoms with E-state index >= 15 is 0 Å². The number of carbonyl (C=O) groups is 3. The smallest absolute Gasteiger partial charge is 0.335 e. The number of nitrogens with one attached hydrogen (secondary N) is 1. The molecule has 1 heterocycles. The Labute approximate surface area is 228 Å². The average molecular weight is 557 g/mol. The van der Waals surface area contributed by atoms with Crippen molar-refractivity contribution in [1.29, 1.82) is 0 Å². The molecule has 11 heteroatoms. The van der Waals surface area contributed by atoms with Crippen molar-refractivity contribution in [3.63, 3.8) is 0 Å². The second-order valence-corrected chi connectivity index (χ2v) is 8.66. The third kappa shape index (κ3) is 5.85.